The molecule has 0 heterocycles. The summed E-state index contributed by atoms with van der Waals surface area (Å²) < 4.78 is 23.8. The van der Waals surface area contributed by atoms with Gasteiger partial charge in [-0.25, -0.2) is 4.79 Å². The average molecular weight is 526 g/mol. The number of hydrogen-bond acceptors (Lipinski definition) is 6. The van der Waals surface area contributed by atoms with E-state index >= 15 is 0 Å². The van der Waals surface area contributed by atoms with Crippen LogP contribution in [0, 0.1) is 5.92 Å². The van der Waals surface area contributed by atoms with Crippen molar-refractivity contribution in [3.05, 3.63) is 102 Å². The molecular weight excluding hydrogens is 493 g/mol. The first-order chi connectivity index (χ1) is 17.8. The zero-order chi connectivity index (χ0) is 26.7. The number of aromatic hydroxyl groups is 1. The van der Waals surface area contributed by atoms with E-state index < -0.39 is 31.1 Å². The number of benzene rings is 3. The second-order valence-corrected chi connectivity index (χ2v) is 11.3. The molecule has 9 heteroatoms. The van der Waals surface area contributed by atoms with Crippen molar-refractivity contribution in [2.75, 3.05) is 13.3 Å². The molecule has 196 valence electrons. The molecule has 0 bridgehead atoms. The monoisotopic (exact) mass is 525 g/mol. The van der Waals surface area contributed by atoms with Gasteiger partial charge in [-0.2, -0.15) is 0 Å². The molecule has 0 aromatic heterocycles. The number of rotatable bonds is 12. The van der Waals surface area contributed by atoms with Crippen LogP contribution in [-0.4, -0.2) is 41.1 Å². The maximum absolute atomic E-state index is 13.7. The summed E-state index contributed by atoms with van der Waals surface area (Å²) in [5, 5.41) is 12.1. The fraction of sp³-hybridized carbons (Fsp3) is 0.286. The van der Waals surface area contributed by atoms with E-state index in [0.29, 0.717) is 12.0 Å². The van der Waals surface area contributed by atoms with Crippen LogP contribution in [0.1, 0.15) is 23.1 Å². The SMILES string of the molecule is COC(=O)C(Cc1ccc(O)cc1)CP(=O)(O)C(CCc1ccccc1)NC(=O)OCc1ccccc1. The number of phenolic OH excluding ortho intramolecular Hbond substituents is 1. The molecule has 3 rings (SSSR count). The summed E-state index contributed by atoms with van der Waals surface area (Å²) in [6.07, 6.45) is -0.453. The van der Waals surface area contributed by atoms with Crippen LogP contribution < -0.4 is 5.32 Å². The molecule has 3 unspecified atom stereocenters. The molecule has 3 aromatic rings. The molecule has 0 radical (unpaired) electrons. The zero-order valence-electron chi connectivity index (χ0n) is 20.7. The van der Waals surface area contributed by atoms with Crippen LogP contribution in [0.25, 0.3) is 0 Å². The molecule has 0 aliphatic heterocycles. The highest BCUT2D eigenvalue weighted by molar-refractivity contribution is 7.58. The summed E-state index contributed by atoms with van der Waals surface area (Å²) in [6, 6.07) is 24.8. The second-order valence-electron chi connectivity index (χ2n) is 8.77. The molecule has 8 nitrogen and oxygen atoms in total. The highest BCUT2D eigenvalue weighted by Crippen LogP contribution is 2.49. The van der Waals surface area contributed by atoms with Gasteiger partial charge in [-0.3, -0.25) is 9.36 Å². The van der Waals surface area contributed by atoms with E-state index in [1.165, 1.54) is 19.2 Å². The molecule has 37 heavy (non-hydrogen) atoms. The second kappa shape index (κ2) is 13.6. The Balaban J connectivity index is 1.75. The smallest absolute Gasteiger partial charge is 0.408 e. The number of ether oxygens (including phenoxy) is 2. The zero-order valence-corrected chi connectivity index (χ0v) is 21.6. The lowest BCUT2D eigenvalue weighted by Crippen LogP contribution is -2.37. The number of aryl methyl sites for hydroxylation is 1. The van der Waals surface area contributed by atoms with Crippen LogP contribution in [0.3, 0.4) is 0 Å². The van der Waals surface area contributed by atoms with Crippen molar-refractivity contribution in [3.8, 4) is 5.75 Å². The van der Waals surface area contributed by atoms with Crippen molar-refractivity contribution in [3.63, 3.8) is 0 Å². The lowest BCUT2D eigenvalue weighted by Gasteiger charge is -2.27. The summed E-state index contributed by atoms with van der Waals surface area (Å²) in [7, 11) is -2.90. The average Bonchev–Trinajstić information content (AvgIpc) is 2.91. The molecule has 3 N–H and O–H groups in total. The summed E-state index contributed by atoms with van der Waals surface area (Å²) in [6.45, 7) is 0.0133. The maximum atomic E-state index is 13.7. The number of methoxy groups -OCH3 is 1. The first kappa shape index (κ1) is 28.0. The minimum absolute atomic E-state index is 0.0133. The lowest BCUT2D eigenvalue weighted by atomic mass is 10.0. The van der Waals surface area contributed by atoms with Crippen LogP contribution in [-0.2, 0) is 38.3 Å². The Morgan fingerprint density at radius 3 is 2.08 bits per heavy atom. The van der Waals surface area contributed by atoms with Crippen LogP contribution in [0.4, 0.5) is 4.79 Å². The molecule has 3 aromatic carbocycles. The summed E-state index contributed by atoms with van der Waals surface area (Å²) in [5.74, 6) is -2.61. The Kier molecular flexibility index (Phi) is 10.3. The molecule has 0 fully saturated rings. The molecular formula is C28H32NO7P. The highest BCUT2D eigenvalue weighted by Gasteiger charge is 2.37. The fourth-order valence-corrected chi connectivity index (χ4v) is 5.98. The van der Waals surface area contributed by atoms with Gasteiger partial charge in [0.05, 0.1) is 13.0 Å². The van der Waals surface area contributed by atoms with Gasteiger partial charge in [0.1, 0.15) is 18.1 Å². The van der Waals surface area contributed by atoms with Gasteiger partial charge in [-0.15, -0.1) is 0 Å². The maximum Gasteiger partial charge on any atom is 0.408 e. The van der Waals surface area contributed by atoms with Crippen LogP contribution >= 0.6 is 7.37 Å². The first-order valence-electron chi connectivity index (χ1n) is 11.9. The van der Waals surface area contributed by atoms with E-state index in [1.54, 1.807) is 24.3 Å². The van der Waals surface area contributed by atoms with Crippen molar-refractivity contribution in [2.24, 2.45) is 5.92 Å². The Morgan fingerprint density at radius 2 is 1.49 bits per heavy atom. The van der Waals surface area contributed by atoms with Crippen LogP contribution in [0.5, 0.6) is 5.75 Å². The summed E-state index contributed by atoms with van der Waals surface area (Å²) in [5.41, 5.74) is 2.43. The van der Waals surface area contributed by atoms with Crippen LogP contribution in [0.2, 0.25) is 0 Å². The fourth-order valence-electron chi connectivity index (χ4n) is 3.97. The van der Waals surface area contributed by atoms with Crippen molar-refractivity contribution < 1.29 is 33.6 Å². The number of phenols is 1. The predicted molar refractivity (Wildman–Crippen MR) is 140 cm³/mol. The van der Waals surface area contributed by atoms with Crippen molar-refractivity contribution >= 4 is 19.4 Å². The third-order valence-corrected chi connectivity index (χ3v) is 8.29. The van der Waals surface area contributed by atoms with Gasteiger partial charge in [0, 0.05) is 6.16 Å². The summed E-state index contributed by atoms with van der Waals surface area (Å²) in [4.78, 5) is 36.3. The topological polar surface area (TPSA) is 122 Å². The van der Waals surface area contributed by atoms with E-state index in [1.807, 2.05) is 48.5 Å². The van der Waals surface area contributed by atoms with Crippen molar-refractivity contribution in [2.45, 2.75) is 31.7 Å². The molecule has 0 aliphatic rings. The molecule has 3 atom stereocenters. The first-order valence-corrected chi connectivity index (χ1v) is 13.9. The Labute approximate surface area is 216 Å². The van der Waals surface area contributed by atoms with Gasteiger partial charge in [-0.05, 0) is 48.1 Å². The number of esters is 1. The minimum Gasteiger partial charge on any atom is -0.508 e. The van der Waals surface area contributed by atoms with Crippen molar-refractivity contribution in [1.82, 2.24) is 5.32 Å². The summed E-state index contributed by atoms with van der Waals surface area (Å²) >= 11 is 0. The van der Waals surface area contributed by atoms with Gasteiger partial charge in [0.15, 0.2) is 0 Å². The lowest BCUT2D eigenvalue weighted by molar-refractivity contribution is -0.144. The number of carbonyl (C=O) groups excluding carboxylic acids is 2. The van der Waals surface area contributed by atoms with E-state index in [4.69, 9.17) is 9.47 Å². The van der Waals surface area contributed by atoms with Crippen LogP contribution in [0.15, 0.2) is 84.9 Å². The van der Waals surface area contributed by atoms with Gasteiger partial charge in [0.2, 0.25) is 7.37 Å². The molecule has 0 saturated carbocycles. The number of hydrogen-bond donors (Lipinski definition) is 3. The number of carbonyl (C=O) groups is 2. The number of amides is 1. The van der Waals surface area contributed by atoms with E-state index in [-0.39, 0.29) is 31.4 Å². The van der Waals surface area contributed by atoms with Gasteiger partial charge < -0.3 is 24.8 Å². The normalized spacial score (nSPS) is 14.1. The number of alkyl carbamates (subject to hydrolysis) is 1. The third kappa shape index (κ3) is 9.08. The van der Waals surface area contributed by atoms with E-state index in [0.717, 1.165) is 11.1 Å². The third-order valence-electron chi connectivity index (χ3n) is 5.97. The largest absolute Gasteiger partial charge is 0.508 e. The Hall–Kier alpha value is -3.61. The minimum atomic E-state index is -4.12. The predicted octanol–water partition coefficient (Wildman–Crippen LogP) is 4.88. The molecule has 0 spiro atoms. The molecule has 1 amide bonds. The van der Waals surface area contributed by atoms with E-state index in [9.17, 15) is 24.2 Å². The van der Waals surface area contributed by atoms with Gasteiger partial charge >= 0.3 is 12.1 Å². The van der Waals surface area contributed by atoms with Crippen molar-refractivity contribution in [1.29, 1.82) is 0 Å². The molecule has 0 saturated heterocycles. The van der Waals surface area contributed by atoms with Gasteiger partial charge in [0.25, 0.3) is 0 Å². The number of nitrogens with one attached hydrogen (secondary N) is 1. The highest BCUT2D eigenvalue weighted by atomic mass is 31.2. The Bertz CT molecular complexity index is 1190. The quantitative estimate of drug-likeness (QED) is 0.228. The molecule has 0 aliphatic carbocycles. The van der Waals surface area contributed by atoms with E-state index in [2.05, 4.69) is 5.32 Å². The standard InChI is InChI=1S/C28H32NO7P/c1-35-27(31)24(18-22-12-15-25(30)16-13-22)20-37(33,34)26(17-14-21-8-4-2-5-9-21)29-28(32)36-19-23-10-6-3-7-11-23/h2-13,15-16,24,26,30H,14,17-20H2,1H3,(H,29,32)(H,33,34). The van der Waals surface area contributed by atoms with Gasteiger partial charge in [-0.1, -0.05) is 72.8 Å². The Morgan fingerprint density at radius 1 is 0.892 bits per heavy atom.